The number of Topliss-reactive ketones (excluding diaryl/α,β-unsaturated/α-hetero) is 1. The van der Waals surface area contributed by atoms with Crippen LogP contribution in [0, 0.1) is 0 Å². The van der Waals surface area contributed by atoms with Crippen LogP contribution in [-0.2, 0) is 9.59 Å². The number of benzene rings is 1. The molecule has 0 saturated heterocycles. The zero-order valence-corrected chi connectivity index (χ0v) is 8.40. The molecule has 0 fully saturated rings. The van der Waals surface area contributed by atoms with Gasteiger partial charge in [-0.2, -0.15) is 0 Å². The Morgan fingerprint density at radius 3 is 1.71 bits per heavy atom. The highest BCUT2D eigenvalue weighted by molar-refractivity contribution is 5.74. The van der Waals surface area contributed by atoms with Gasteiger partial charge in [-0.1, -0.05) is 30.3 Å². The zero-order chi connectivity index (χ0) is 11.4. The van der Waals surface area contributed by atoms with Crippen LogP contribution in [0.25, 0.3) is 0 Å². The van der Waals surface area contributed by atoms with Crippen molar-refractivity contribution in [1.29, 1.82) is 0 Å². The first kappa shape index (κ1) is 14.7. The van der Waals surface area contributed by atoms with E-state index in [1.54, 1.807) is 12.1 Å². The van der Waals surface area contributed by atoms with Gasteiger partial charge in [-0.3, -0.25) is 4.79 Å². The lowest BCUT2D eigenvalue weighted by molar-refractivity contribution is -0.115. The second kappa shape index (κ2) is 11.2. The summed E-state index contributed by atoms with van der Waals surface area (Å²) in [7, 11) is 0. The Morgan fingerprint density at radius 1 is 1.14 bits per heavy atom. The molecule has 1 aromatic rings. The Labute approximate surface area is 83.8 Å². The van der Waals surface area contributed by atoms with Crippen molar-refractivity contribution < 1.29 is 14.4 Å². The summed E-state index contributed by atoms with van der Waals surface area (Å²) in [5.41, 5.74) is 0.729. The van der Waals surface area contributed by atoms with E-state index in [0.717, 1.165) is 11.8 Å². The molecule has 0 radical (unpaired) electrons. The molecule has 1 rings (SSSR count). The molecule has 0 amide bonds. The molecule has 1 aromatic carbocycles. The molecule has 0 saturated carbocycles. The number of hydrogen-bond donors (Lipinski definition) is 0. The van der Waals surface area contributed by atoms with E-state index >= 15 is 0 Å². The Morgan fingerprint density at radius 2 is 1.50 bits per heavy atom. The summed E-state index contributed by atoms with van der Waals surface area (Å²) < 4.78 is 0. The fourth-order valence-electron chi connectivity index (χ4n) is 0.532. The number of hydrogen-bond acceptors (Lipinski definition) is 3. The van der Waals surface area contributed by atoms with E-state index in [9.17, 15) is 9.59 Å². The predicted molar refractivity (Wildman–Crippen MR) is 55.3 cm³/mol. The van der Waals surface area contributed by atoms with E-state index in [4.69, 9.17) is 4.79 Å². The molecular weight excluding hydrogens is 180 g/mol. The number of rotatable bonds is 1. The minimum Gasteiger partial charge on any atom is -0.307 e. The Hall–Kier alpha value is -1.77. The van der Waals surface area contributed by atoms with Gasteiger partial charge in [-0.15, -0.1) is 0 Å². The molecule has 0 unspecified atom stereocenters. The van der Waals surface area contributed by atoms with Crippen molar-refractivity contribution in [1.82, 2.24) is 0 Å². The van der Waals surface area contributed by atoms with Gasteiger partial charge in [-0.05, 0) is 13.8 Å². The molecule has 0 aromatic heterocycles. The lowest BCUT2D eigenvalue weighted by Gasteiger charge is -1.81. The predicted octanol–water partition coefficient (Wildman–Crippen LogP) is 1.91. The lowest BCUT2D eigenvalue weighted by atomic mass is 10.2. The van der Waals surface area contributed by atoms with Crippen LogP contribution in [0.1, 0.15) is 24.2 Å². The first-order valence-corrected chi connectivity index (χ1v) is 3.93. The molecule has 3 nitrogen and oxygen atoms in total. The highest BCUT2D eigenvalue weighted by atomic mass is 16.1. The van der Waals surface area contributed by atoms with Crippen LogP contribution in [0.5, 0.6) is 0 Å². The van der Waals surface area contributed by atoms with Gasteiger partial charge in [0.25, 0.3) is 0 Å². The number of aldehydes is 1. The molecule has 0 aliphatic rings. The van der Waals surface area contributed by atoms with Crippen molar-refractivity contribution in [2.75, 3.05) is 0 Å². The molecule has 0 N–H and O–H groups in total. The fourth-order valence-corrected chi connectivity index (χ4v) is 0.532. The average molecular weight is 194 g/mol. The first-order valence-electron chi connectivity index (χ1n) is 3.93. The summed E-state index contributed by atoms with van der Waals surface area (Å²) in [5.74, 6) is 0.167. The Balaban J connectivity index is 0. The van der Waals surface area contributed by atoms with Gasteiger partial charge in [0.1, 0.15) is 18.9 Å². The third kappa shape index (κ3) is 12.9. The van der Waals surface area contributed by atoms with Gasteiger partial charge >= 0.3 is 0 Å². The van der Waals surface area contributed by atoms with Crippen LogP contribution >= 0.6 is 0 Å². The Bertz CT molecular complexity index is 250. The number of carbonyl (C=O) groups is 3. The molecule has 0 bridgehead atoms. The molecule has 0 atom stereocenters. The van der Waals surface area contributed by atoms with Gasteiger partial charge in [-0.25, -0.2) is 0 Å². The normalized spacial score (nSPS) is 7.00. The van der Waals surface area contributed by atoms with Crippen molar-refractivity contribution in [3.05, 3.63) is 35.9 Å². The van der Waals surface area contributed by atoms with E-state index in [1.165, 1.54) is 13.8 Å². The minimum absolute atomic E-state index is 0.167. The summed E-state index contributed by atoms with van der Waals surface area (Å²) in [6, 6.07) is 9.10. The van der Waals surface area contributed by atoms with Crippen molar-refractivity contribution >= 4 is 18.9 Å². The summed E-state index contributed by atoms with van der Waals surface area (Å²) in [5, 5.41) is 0. The van der Waals surface area contributed by atoms with Gasteiger partial charge < -0.3 is 9.59 Å². The maximum atomic E-state index is 10.0. The van der Waals surface area contributed by atoms with E-state index in [-0.39, 0.29) is 5.78 Å². The topological polar surface area (TPSA) is 51.2 Å². The van der Waals surface area contributed by atoms with Crippen LogP contribution in [0.15, 0.2) is 30.3 Å². The van der Waals surface area contributed by atoms with Crippen LogP contribution in [0.3, 0.4) is 0 Å². The van der Waals surface area contributed by atoms with Gasteiger partial charge in [0, 0.05) is 5.56 Å². The largest absolute Gasteiger partial charge is 0.307 e. The molecular formula is C11H14O3. The summed E-state index contributed by atoms with van der Waals surface area (Å²) in [6.45, 7) is 5.06. The first-order chi connectivity index (χ1) is 6.66. The minimum atomic E-state index is 0.167. The van der Waals surface area contributed by atoms with Crippen LogP contribution < -0.4 is 0 Å². The smallest absolute Gasteiger partial charge is 0.150 e. The monoisotopic (exact) mass is 194 g/mol. The number of carbonyl (C=O) groups excluding carboxylic acids is 3. The van der Waals surface area contributed by atoms with E-state index < -0.39 is 0 Å². The van der Waals surface area contributed by atoms with Gasteiger partial charge in [0.05, 0.1) is 0 Å². The third-order valence-electron chi connectivity index (χ3n) is 0.936. The summed E-state index contributed by atoms with van der Waals surface area (Å²) in [6.07, 6.45) is 0.833. The molecule has 76 valence electrons. The molecule has 0 aliphatic heterocycles. The molecule has 0 spiro atoms. The molecule has 0 heterocycles. The van der Waals surface area contributed by atoms with Crippen molar-refractivity contribution in [2.45, 2.75) is 13.8 Å². The second-order valence-electron chi connectivity index (χ2n) is 2.44. The molecule has 0 aliphatic carbocycles. The van der Waals surface area contributed by atoms with Crippen molar-refractivity contribution in [3.8, 4) is 0 Å². The van der Waals surface area contributed by atoms with E-state index in [1.807, 2.05) is 25.0 Å². The van der Waals surface area contributed by atoms with E-state index in [2.05, 4.69) is 0 Å². The SMILES string of the molecule is C=O.CC(C)=O.O=Cc1ccccc1. The van der Waals surface area contributed by atoms with E-state index in [0.29, 0.717) is 0 Å². The van der Waals surface area contributed by atoms with Crippen molar-refractivity contribution in [3.63, 3.8) is 0 Å². The second-order valence-corrected chi connectivity index (χ2v) is 2.44. The zero-order valence-electron chi connectivity index (χ0n) is 8.40. The summed E-state index contributed by atoms with van der Waals surface area (Å²) in [4.78, 5) is 27.5. The van der Waals surface area contributed by atoms with Gasteiger partial charge in [0.2, 0.25) is 0 Å². The third-order valence-corrected chi connectivity index (χ3v) is 0.936. The highest BCUT2D eigenvalue weighted by Gasteiger charge is 1.79. The standard InChI is InChI=1S/C7H6O.C3H6O.CH2O/c8-6-7-4-2-1-3-5-7;1-3(2)4;1-2/h1-6H;1-2H3;1H2. The van der Waals surface area contributed by atoms with Crippen LogP contribution in [0.2, 0.25) is 0 Å². The molecule has 3 heteroatoms. The van der Waals surface area contributed by atoms with Gasteiger partial charge in [0.15, 0.2) is 0 Å². The summed E-state index contributed by atoms with van der Waals surface area (Å²) >= 11 is 0. The fraction of sp³-hybridized carbons (Fsp3) is 0.182. The highest BCUT2D eigenvalue weighted by Crippen LogP contribution is 1.91. The molecule has 14 heavy (non-hydrogen) atoms. The number of ketones is 1. The van der Waals surface area contributed by atoms with Crippen molar-refractivity contribution in [2.24, 2.45) is 0 Å². The maximum absolute atomic E-state index is 10.0. The average Bonchev–Trinajstić information content (AvgIpc) is 2.21. The lowest BCUT2D eigenvalue weighted by Crippen LogP contribution is -1.73. The Kier molecular flexibility index (Phi) is 11.8. The quantitative estimate of drug-likeness (QED) is 0.641. The van der Waals surface area contributed by atoms with Crippen LogP contribution in [0.4, 0.5) is 0 Å². The van der Waals surface area contributed by atoms with Crippen LogP contribution in [-0.4, -0.2) is 18.9 Å². The maximum Gasteiger partial charge on any atom is 0.150 e.